The first-order chi connectivity index (χ1) is 17.1. The second-order valence-corrected chi connectivity index (χ2v) is 11.0. The van der Waals surface area contributed by atoms with Crippen molar-refractivity contribution in [3.8, 4) is 0 Å². The summed E-state index contributed by atoms with van der Waals surface area (Å²) in [6.45, 7) is 11.3. The molecule has 0 radical (unpaired) electrons. The van der Waals surface area contributed by atoms with Crippen LogP contribution in [0.2, 0.25) is 0 Å². The SMILES string of the molecule is CCCC(Cc1ccc(N2CCN(CCC3CCN(C(=O)OC(C)(C)C)CC3)C2=O)cc1)C(=O)OC. The van der Waals surface area contributed by atoms with Crippen molar-refractivity contribution in [2.45, 2.75) is 71.8 Å². The number of hydrogen-bond donors (Lipinski definition) is 0. The van der Waals surface area contributed by atoms with Crippen molar-refractivity contribution in [2.24, 2.45) is 11.8 Å². The van der Waals surface area contributed by atoms with Crippen LogP contribution in [0, 0.1) is 11.8 Å². The number of nitrogens with zero attached hydrogens (tertiary/aromatic N) is 3. The van der Waals surface area contributed by atoms with Crippen molar-refractivity contribution in [3.63, 3.8) is 0 Å². The van der Waals surface area contributed by atoms with Crippen LogP contribution in [0.1, 0.15) is 65.4 Å². The molecule has 2 aliphatic rings. The van der Waals surface area contributed by atoms with Crippen LogP contribution >= 0.6 is 0 Å². The van der Waals surface area contributed by atoms with Crippen LogP contribution in [-0.2, 0) is 20.7 Å². The van der Waals surface area contributed by atoms with Gasteiger partial charge in [0.15, 0.2) is 0 Å². The number of esters is 1. The number of anilines is 1. The van der Waals surface area contributed by atoms with Crippen LogP contribution in [0.25, 0.3) is 0 Å². The predicted octanol–water partition coefficient (Wildman–Crippen LogP) is 5.10. The predicted molar refractivity (Wildman–Crippen MR) is 140 cm³/mol. The molecule has 0 spiro atoms. The molecule has 2 saturated heterocycles. The fraction of sp³-hybridized carbons (Fsp3) is 0.679. The van der Waals surface area contributed by atoms with Crippen LogP contribution in [0.4, 0.5) is 15.3 Å². The van der Waals surface area contributed by atoms with E-state index in [0.717, 1.165) is 56.4 Å². The lowest BCUT2D eigenvalue weighted by Gasteiger charge is -2.34. The smallest absolute Gasteiger partial charge is 0.410 e. The summed E-state index contributed by atoms with van der Waals surface area (Å²) in [7, 11) is 1.44. The summed E-state index contributed by atoms with van der Waals surface area (Å²) in [6, 6.07) is 8.02. The molecule has 8 nitrogen and oxygen atoms in total. The zero-order valence-corrected chi connectivity index (χ0v) is 22.6. The van der Waals surface area contributed by atoms with Crippen LogP contribution in [0.15, 0.2) is 24.3 Å². The van der Waals surface area contributed by atoms with Crippen molar-refractivity contribution in [1.29, 1.82) is 0 Å². The number of carbonyl (C=O) groups is 3. The van der Waals surface area contributed by atoms with Crippen LogP contribution in [0.5, 0.6) is 0 Å². The van der Waals surface area contributed by atoms with E-state index in [-0.39, 0.29) is 24.0 Å². The molecule has 0 N–H and O–H groups in total. The maximum Gasteiger partial charge on any atom is 0.410 e. The van der Waals surface area contributed by atoms with E-state index in [1.807, 2.05) is 54.8 Å². The highest BCUT2D eigenvalue weighted by molar-refractivity contribution is 5.94. The average molecular weight is 502 g/mol. The monoisotopic (exact) mass is 501 g/mol. The van der Waals surface area contributed by atoms with Crippen molar-refractivity contribution in [1.82, 2.24) is 9.80 Å². The number of likely N-dealkylation sites (tertiary alicyclic amines) is 1. The first-order valence-corrected chi connectivity index (χ1v) is 13.3. The van der Waals surface area contributed by atoms with Gasteiger partial charge in [-0.15, -0.1) is 0 Å². The zero-order chi connectivity index (χ0) is 26.3. The highest BCUT2D eigenvalue weighted by Gasteiger charge is 2.31. The lowest BCUT2D eigenvalue weighted by molar-refractivity contribution is -0.145. The highest BCUT2D eigenvalue weighted by atomic mass is 16.6. The minimum absolute atomic E-state index is 0.0485. The number of urea groups is 1. The van der Waals surface area contributed by atoms with E-state index in [9.17, 15) is 14.4 Å². The molecule has 200 valence electrons. The summed E-state index contributed by atoms with van der Waals surface area (Å²) in [4.78, 5) is 42.9. The van der Waals surface area contributed by atoms with E-state index in [2.05, 4.69) is 6.92 Å². The molecule has 0 saturated carbocycles. The molecule has 1 atom stereocenters. The molecule has 0 aliphatic carbocycles. The van der Waals surface area contributed by atoms with Crippen molar-refractivity contribution < 1.29 is 23.9 Å². The number of benzene rings is 1. The molecule has 1 aromatic carbocycles. The highest BCUT2D eigenvalue weighted by Crippen LogP contribution is 2.26. The first-order valence-electron chi connectivity index (χ1n) is 13.3. The topological polar surface area (TPSA) is 79.4 Å². The lowest BCUT2D eigenvalue weighted by Crippen LogP contribution is -2.42. The van der Waals surface area contributed by atoms with Gasteiger partial charge in [-0.05, 0) is 76.5 Å². The van der Waals surface area contributed by atoms with Gasteiger partial charge in [0.1, 0.15) is 5.60 Å². The minimum Gasteiger partial charge on any atom is -0.469 e. The Morgan fingerprint density at radius 3 is 2.31 bits per heavy atom. The molecule has 3 amide bonds. The Labute approximate surface area is 215 Å². The summed E-state index contributed by atoms with van der Waals surface area (Å²) in [5, 5.41) is 0. The van der Waals surface area contributed by atoms with Crippen molar-refractivity contribution in [2.75, 3.05) is 44.7 Å². The second kappa shape index (κ2) is 12.5. The quantitative estimate of drug-likeness (QED) is 0.440. The molecule has 8 heteroatoms. The van der Waals surface area contributed by atoms with E-state index in [1.54, 1.807) is 4.90 Å². The molecule has 2 aliphatic heterocycles. The lowest BCUT2D eigenvalue weighted by atomic mass is 9.93. The summed E-state index contributed by atoms with van der Waals surface area (Å²) < 4.78 is 10.4. The largest absolute Gasteiger partial charge is 0.469 e. The van der Waals surface area contributed by atoms with Gasteiger partial charge in [-0.2, -0.15) is 0 Å². The first kappa shape index (κ1) is 27.8. The molecule has 2 fully saturated rings. The Bertz CT molecular complexity index is 887. The average Bonchev–Trinajstić information content (AvgIpc) is 3.21. The molecule has 1 aromatic rings. The number of amides is 3. The summed E-state index contributed by atoms with van der Waals surface area (Å²) in [6.07, 6.45) is 4.98. The van der Waals surface area contributed by atoms with Gasteiger partial charge in [0.05, 0.1) is 13.0 Å². The van der Waals surface area contributed by atoms with Gasteiger partial charge in [0, 0.05) is 38.4 Å². The Hall–Kier alpha value is -2.77. The Morgan fingerprint density at radius 2 is 1.72 bits per heavy atom. The molecule has 1 unspecified atom stereocenters. The summed E-state index contributed by atoms with van der Waals surface area (Å²) in [5.74, 6) is 0.211. The summed E-state index contributed by atoms with van der Waals surface area (Å²) >= 11 is 0. The summed E-state index contributed by atoms with van der Waals surface area (Å²) in [5.41, 5.74) is 1.49. The molecule has 2 heterocycles. The molecule has 0 bridgehead atoms. The number of hydrogen-bond acceptors (Lipinski definition) is 5. The number of rotatable bonds is 9. The number of carbonyl (C=O) groups excluding carboxylic acids is 3. The van der Waals surface area contributed by atoms with Gasteiger partial charge in [-0.1, -0.05) is 25.5 Å². The second-order valence-electron chi connectivity index (χ2n) is 11.0. The van der Waals surface area contributed by atoms with E-state index in [0.29, 0.717) is 32.0 Å². The van der Waals surface area contributed by atoms with Crippen LogP contribution < -0.4 is 4.90 Å². The van der Waals surface area contributed by atoms with Gasteiger partial charge >= 0.3 is 18.1 Å². The van der Waals surface area contributed by atoms with Crippen molar-refractivity contribution in [3.05, 3.63) is 29.8 Å². The molecular weight excluding hydrogens is 458 g/mol. The minimum atomic E-state index is -0.475. The van der Waals surface area contributed by atoms with Gasteiger partial charge in [0.25, 0.3) is 0 Å². The third kappa shape index (κ3) is 7.61. The molecule has 0 aromatic heterocycles. The fourth-order valence-corrected chi connectivity index (χ4v) is 5.01. The van der Waals surface area contributed by atoms with Gasteiger partial charge in [-0.3, -0.25) is 9.69 Å². The third-order valence-electron chi connectivity index (χ3n) is 7.07. The Balaban J connectivity index is 1.45. The normalized spacial score (nSPS) is 17.9. The van der Waals surface area contributed by atoms with Gasteiger partial charge < -0.3 is 19.3 Å². The van der Waals surface area contributed by atoms with E-state index in [1.165, 1.54) is 7.11 Å². The molecule has 36 heavy (non-hydrogen) atoms. The number of piperidine rings is 1. The zero-order valence-electron chi connectivity index (χ0n) is 22.6. The van der Waals surface area contributed by atoms with Crippen molar-refractivity contribution >= 4 is 23.8 Å². The maximum absolute atomic E-state index is 13.1. The van der Waals surface area contributed by atoms with Gasteiger partial charge in [-0.25, -0.2) is 9.59 Å². The maximum atomic E-state index is 13.1. The molecular formula is C28H43N3O5. The van der Waals surface area contributed by atoms with E-state index < -0.39 is 5.60 Å². The Kier molecular flexibility index (Phi) is 9.63. The van der Waals surface area contributed by atoms with E-state index >= 15 is 0 Å². The number of methoxy groups -OCH3 is 1. The fourth-order valence-electron chi connectivity index (χ4n) is 5.01. The standard InChI is InChI=1S/C28H43N3O5/c1-6-7-23(25(32)35-5)20-22-8-10-24(11-9-22)31-19-18-29(26(31)33)15-12-21-13-16-30(17-14-21)27(34)36-28(2,3)4/h8-11,21,23H,6-7,12-20H2,1-5H3. The van der Waals surface area contributed by atoms with Crippen LogP contribution in [-0.4, -0.2) is 73.3 Å². The number of ether oxygens (including phenoxy) is 2. The van der Waals surface area contributed by atoms with Crippen LogP contribution in [0.3, 0.4) is 0 Å². The molecule has 3 rings (SSSR count). The van der Waals surface area contributed by atoms with Gasteiger partial charge in [0.2, 0.25) is 0 Å². The Morgan fingerprint density at radius 1 is 1.06 bits per heavy atom. The third-order valence-corrected chi connectivity index (χ3v) is 7.07. The van der Waals surface area contributed by atoms with E-state index in [4.69, 9.17) is 9.47 Å².